The van der Waals surface area contributed by atoms with E-state index < -0.39 is 0 Å². The van der Waals surface area contributed by atoms with E-state index in [2.05, 4.69) is 17.6 Å². The number of carbonyl (C=O) groups excluding carboxylic acids is 1. The summed E-state index contributed by atoms with van der Waals surface area (Å²) >= 11 is 11.9. The van der Waals surface area contributed by atoms with Gasteiger partial charge in [0.1, 0.15) is 0 Å². The lowest BCUT2D eigenvalue weighted by atomic mass is 9.48. The van der Waals surface area contributed by atoms with E-state index >= 15 is 0 Å². The number of halogens is 2. The fourth-order valence-corrected chi connectivity index (χ4v) is 6.10. The summed E-state index contributed by atoms with van der Waals surface area (Å²) in [6.07, 6.45) is 8.11. The highest BCUT2D eigenvalue weighted by molar-refractivity contribution is 6.42. The molecule has 5 heteroatoms. The van der Waals surface area contributed by atoms with E-state index in [-0.39, 0.29) is 12.1 Å². The van der Waals surface area contributed by atoms with Gasteiger partial charge >= 0.3 is 6.03 Å². The Bertz CT molecular complexity index is 625. The molecule has 0 aliphatic heterocycles. The van der Waals surface area contributed by atoms with Crippen molar-refractivity contribution in [3.8, 4) is 0 Å². The molecule has 4 saturated carbocycles. The molecular weight excluding hydrogens is 343 g/mol. The third-order valence-corrected chi connectivity index (χ3v) is 7.27. The summed E-state index contributed by atoms with van der Waals surface area (Å²) in [7, 11) is 0. The van der Waals surface area contributed by atoms with Gasteiger partial charge in [-0.3, -0.25) is 0 Å². The maximum Gasteiger partial charge on any atom is 0.319 e. The van der Waals surface area contributed by atoms with E-state index in [4.69, 9.17) is 23.2 Å². The molecule has 4 aliphatic rings. The van der Waals surface area contributed by atoms with Crippen LogP contribution >= 0.6 is 23.2 Å². The van der Waals surface area contributed by atoms with Gasteiger partial charge in [0, 0.05) is 11.7 Å². The number of amides is 2. The summed E-state index contributed by atoms with van der Waals surface area (Å²) in [6.45, 7) is 2.18. The highest BCUT2D eigenvalue weighted by Gasteiger charge is 2.53. The van der Waals surface area contributed by atoms with Crippen molar-refractivity contribution in [1.29, 1.82) is 0 Å². The van der Waals surface area contributed by atoms with Gasteiger partial charge in [-0.2, -0.15) is 0 Å². The summed E-state index contributed by atoms with van der Waals surface area (Å²) in [4.78, 5) is 12.4. The third kappa shape index (κ3) is 3.01. The normalized spacial score (nSPS) is 34.9. The SMILES string of the molecule is CC(NC(=O)Nc1ccc(Cl)c(Cl)c1)C12CC3CC(CC(C3)C1)C2. The van der Waals surface area contributed by atoms with E-state index in [1.165, 1.54) is 38.5 Å². The second-order valence-electron chi connectivity index (χ2n) is 8.23. The molecule has 1 atom stereocenters. The van der Waals surface area contributed by atoms with Crippen LogP contribution in [0, 0.1) is 23.2 Å². The zero-order valence-corrected chi connectivity index (χ0v) is 15.5. The molecule has 1 aromatic rings. The van der Waals surface area contributed by atoms with Crippen LogP contribution in [-0.2, 0) is 0 Å². The predicted molar refractivity (Wildman–Crippen MR) is 98.7 cm³/mol. The molecule has 0 aromatic heterocycles. The van der Waals surface area contributed by atoms with Crippen LogP contribution in [0.1, 0.15) is 45.4 Å². The van der Waals surface area contributed by atoms with Crippen LogP contribution in [0.3, 0.4) is 0 Å². The van der Waals surface area contributed by atoms with Gasteiger partial charge in [0.25, 0.3) is 0 Å². The fourth-order valence-electron chi connectivity index (χ4n) is 5.80. The molecule has 2 N–H and O–H groups in total. The predicted octanol–water partition coefficient (Wildman–Crippen LogP) is 5.72. The van der Waals surface area contributed by atoms with Crippen molar-refractivity contribution in [2.24, 2.45) is 23.2 Å². The van der Waals surface area contributed by atoms with Crippen molar-refractivity contribution >= 4 is 34.9 Å². The lowest BCUT2D eigenvalue weighted by molar-refractivity contribution is -0.0679. The third-order valence-electron chi connectivity index (χ3n) is 6.53. The zero-order chi connectivity index (χ0) is 16.9. The Kier molecular flexibility index (Phi) is 4.20. The zero-order valence-electron chi connectivity index (χ0n) is 13.9. The summed E-state index contributed by atoms with van der Waals surface area (Å²) in [6, 6.07) is 5.19. The molecular formula is C19H24Cl2N2O. The lowest BCUT2D eigenvalue weighted by Crippen LogP contribution is -2.56. The Balaban J connectivity index is 1.41. The molecule has 1 aromatic carbocycles. The first-order valence-corrected chi connectivity index (χ1v) is 9.72. The first kappa shape index (κ1) is 16.5. The number of benzene rings is 1. The Hall–Kier alpha value is -0.930. The summed E-state index contributed by atoms with van der Waals surface area (Å²) in [5.74, 6) is 2.66. The van der Waals surface area contributed by atoms with Crippen LogP contribution in [0.15, 0.2) is 18.2 Å². The van der Waals surface area contributed by atoms with Gasteiger partial charge in [0.15, 0.2) is 0 Å². The standard InChI is InChI=1S/C19H24Cl2N2O/c1-11(19-8-12-4-13(9-19)6-14(5-12)10-19)22-18(24)23-15-2-3-16(20)17(21)7-15/h2-3,7,11-14H,4-6,8-10H2,1H3,(H2,22,23,24). The second kappa shape index (κ2) is 6.10. The van der Waals surface area contributed by atoms with Gasteiger partial charge in [0.05, 0.1) is 10.0 Å². The monoisotopic (exact) mass is 366 g/mol. The van der Waals surface area contributed by atoms with Crippen molar-refractivity contribution in [2.75, 3.05) is 5.32 Å². The van der Waals surface area contributed by atoms with Crippen molar-refractivity contribution in [3.63, 3.8) is 0 Å². The van der Waals surface area contributed by atoms with Crippen LogP contribution in [0.2, 0.25) is 10.0 Å². The number of urea groups is 1. The van der Waals surface area contributed by atoms with Gasteiger partial charge < -0.3 is 10.6 Å². The van der Waals surface area contributed by atoms with E-state index in [0.717, 1.165) is 17.8 Å². The van der Waals surface area contributed by atoms with Gasteiger partial charge in [-0.05, 0) is 86.8 Å². The van der Waals surface area contributed by atoms with Crippen LogP contribution < -0.4 is 10.6 Å². The van der Waals surface area contributed by atoms with Crippen molar-refractivity contribution in [2.45, 2.75) is 51.5 Å². The van der Waals surface area contributed by atoms with Crippen LogP contribution in [0.5, 0.6) is 0 Å². The molecule has 3 nitrogen and oxygen atoms in total. The Morgan fingerprint density at radius 3 is 2.21 bits per heavy atom. The Morgan fingerprint density at radius 1 is 1.08 bits per heavy atom. The minimum atomic E-state index is -0.156. The Morgan fingerprint density at radius 2 is 1.67 bits per heavy atom. The van der Waals surface area contributed by atoms with E-state index in [1.807, 2.05) is 0 Å². The van der Waals surface area contributed by atoms with Gasteiger partial charge in [-0.25, -0.2) is 4.79 Å². The number of nitrogens with one attached hydrogen (secondary N) is 2. The van der Waals surface area contributed by atoms with Crippen molar-refractivity contribution in [3.05, 3.63) is 28.2 Å². The molecule has 4 fully saturated rings. The first-order chi connectivity index (χ1) is 11.4. The molecule has 1 unspecified atom stereocenters. The van der Waals surface area contributed by atoms with Gasteiger partial charge in [-0.1, -0.05) is 23.2 Å². The smallest absolute Gasteiger partial charge is 0.319 e. The maximum absolute atomic E-state index is 12.4. The van der Waals surface area contributed by atoms with E-state index in [1.54, 1.807) is 18.2 Å². The molecule has 4 aliphatic carbocycles. The molecule has 5 rings (SSSR count). The maximum atomic E-state index is 12.4. The summed E-state index contributed by atoms with van der Waals surface area (Å²) < 4.78 is 0. The molecule has 0 spiro atoms. The number of hydrogen-bond donors (Lipinski definition) is 2. The van der Waals surface area contributed by atoms with Crippen LogP contribution in [-0.4, -0.2) is 12.1 Å². The average Bonchev–Trinajstić information content (AvgIpc) is 2.49. The lowest BCUT2D eigenvalue weighted by Gasteiger charge is -2.59. The first-order valence-electron chi connectivity index (χ1n) is 8.96. The number of rotatable bonds is 3. The quantitative estimate of drug-likeness (QED) is 0.705. The number of anilines is 1. The highest BCUT2D eigenvalue weighted by atomic mass is 35.5. The number of hydrogen-bond acceptors (Lipinski definition) is 1. The Labute approximate surface area is 153 Å². The molecule has 0 heterocycles. The van der Waals surface area contributed by atoms with E-state index in [9.17, 15) is 4.79 Å². The largest absolute Gasteiger partial charge is 0.335 e. The summed E-state index contributed by atoms with van der Waals surface area (Å²) in [5, 5.41) is 7.01. The minimum Gasteiger partial charge on any atom is -0.335 e. The fraction of sp³-hybridized carbons (Fsp3) is 0.632. The molecule has 130 valence electrons. The number of carbonyl (C=O) groups is 1. The van der Waals surface area contributed by atoms with Gasteiger partial charge in [-0.15, -0.1) is 0 Å². The molecule has 0 radical (unpaired) electrons. The minimum absolute atomic E-state index is 0.156. The van der Waals surface area contributed by atoms with E-state index in [0.29, 0.717) is 21.1 Å². The highest BCUT2D eigenvalue weighted by Crippen LogP contribution is 2.61. The van der Waals surface area contributed by atoms with Gasteiger partial charge in [0.2, 0.25) is 0 Å². The van der Waals surface area contributed by atoms with Crippen molar-refractivity contribution in [1.82, 2.24) is 5.32 Å². The molecule has 0 saturated heterocycles. The van der Waals surface area contributed by atoms with Crippen molar-refractivity contribution < 1.29 is 4.79 Å². The summed E-state index contributed by atoms with van der Waals surface area (Å²) in [5.41, 5.74) is 0.976. The molecule has 24 heavy (non-hydrogen) atoms. The average molecular weight is 367 g/mol. The molecule has 4 bridgehead atoms. The van der Waals surface area contributed by atoms with Crippen LogP contribution in [0.4, 0.5) is 10.5 Å². The topological polar surface area (TPSA) is 41.1 Å². The van der Waals surface area contributed by atoms with Crippen LogP contribution in [0.25, 0.3) is 0 Å². The molecule has 2 amide bonds. The second-order valence-corrected chi connectivity index (χ2v) is 9.04.